The van der Waals surface area contributed by atoms with E-state index < -0.39 is 0 Å². The predicted octanol–water partition coefficient (Wildman–Crippen LogP) is 5.77. The second kappa shape index (κ2) is 8.24. The molecule has 1 N–H and O–H groups in total. The molecule has 3 saturated carbocycles. The Morgan fingerprint density at radius 3 is 2.78 bits per heavy atom. The van der Waals surface area contributed by atoms with Crippen molar-refractivity contribution in [2.75, 3.05) is 6.61 Å². The third-order valence-electron chi connectivity index (χ3n) is 9.06. The molecule has 32 heavy (non-hydrogen) atoms. The Bertz CT molecular complexity index is 925. The number of rotatable bonds is 4. The Hall–Kier alpha value is -2.30. The Labute approximate surface area is 190 Å². The number of benzene rings is 1. The van der Waals surface area contributed by atoms with Crippen molar-refractivity contribution in [1.29, 1.82) is 0 Å². The van der Waals surface area contributed by atoms with Crippen LogP contribution < -0.4 is 4.74 Å². The van der Waals surface area contributed by atoms with Crippen LogP contribution in [0.2, 0.25) is 0 Å². The largest absolute Gasteiger partial charge is 0.482 e. The van der Waals surface area contributed by atoms with Crippen LogP contribution in [0.4, 0.5) is 0 Å². The topological polar surface area (TPSA) is 68.1 Å². The number of carbonyl (C=O) groups is 1. The number of fused-ring (bicyclic) bond motifs is 5. The van der Waals surface area contributed by atoms with E-state index in [0.717, 1.165) is 43.7 Å². The second-order valence-corrected chi connectivity index (χ2v) is 10.9. The molecule has 3 fully saturated rings. The number of carbonyl (C=O) groups excluding carboxylic acids is 1. The van der Waals surface area contributed by atoms with Crippen LogP contribution in [0.3, 0.4) is 0 Å². The molecule has 4 aliphatic rings. The molecule has 5 nitrogen and oxygen atoms in total. The van der Waals surface area contributed by atoms with E-state index >= 15 is 0 Å². The average Bonchev–Trinajstić information content (AvgIpc) is 3.19. The lowest BCUT2D eigenvalue weighted by atomic mass is 9.47. The zero-order valence-electron chi connectivity index (χ0n) is 19.3. The van der Waals surface area contributed by atoms with Gasteiger partial charge in [0, 0.05) is 12.3 Å². The van der Waals surface area contributed by atoms with Crippen molar-refractivity contribution in [2.45, 2.75) is 71.3 Å². The molecule has 0 heterocycles. The minimum absolute atomic E-state index is 0.00214. The first-order chi connectivity index (χ1) is 15.4. The van der Waals surface area contributed by atoms with Gasteiger partial charge < -0.3 is 14.7 Å². The summed E-state index contributed by atoms with van der Waals surface area (Å²) in [6, 6.07) is 9.35. The molecule has 5 rings (SSSR count). The monoisotopic (exact) mass is 437 g/mol. The smallest absolute Gasteiger partial charge is 0.344 e. The van der Waals surface area contributed by atoms with E-state index in [1.807, 2.05) is 30.3 Å². The SMILES string of the molecule is C[C@@]12CCC[C@H]1[C@@H]1CC=C3C[C@@H](OC(=O)COc4ccccc4)CC[C@]3(C)[C@H]1C(=NO)C2. The highest BCUT2D eigenvalue weighted by atomic mass is 16.6. The van der Waals surface area contributed by atoms with Crippen molar-refractivity contribution in [3.8, 4) is 5.75 Å². The summed E-state index contributed by atoms with van der Waals surface area (Å²) in [5, 5.41) is 13.9. The molecule has 4 aliphatic carbocycles. The van der Waals surface area contributed by atoms with E-state index in [1.54, 1.807) is 0 Å². The third-order valence-corrected chi connectivity index (χ3v) is 9.06. The number of hydrogen-bond acceptors (Lipinski definition) is 5. The molecule has 0 aliphatic heterocycles. The van der Waals surface area contributed by atoms with Crippen LogP contribution in [0.5, 0.6) is 5.75 Å². The van der Waals surface area contributed by atoms with Crippen molar-refractivity contribution in [1.82, 2.24) is 0 Å². The Morgan fingerprint density at radius 2 is 2.00 bits per heavy atom. The molecule has 0 spiro atoms. The number of hydrogen-bond donors (Lipinski definition) is 1. The van der Waals surface area contributed by atoms with Crippen LogP contribution in [-0.2, 0) is 9.53 Å². The molecule has 1 aromatic carbocycles. The Balaban J connectivity index is 1.27. The zero-order chi connectivity index (χ0) is 22.3. The molecule has 0 amide bonds. The van der Waals surface area contributed by atoms with Crippen LogP contribution in [0, 0.1) is 28.6 Å². The molecule has 6 atom stereocenters. The fraction of sp³-hybridized carbons (Fsp3) is 0.630. The highest BCUT2D eigenvalue weighted by Crippen LogP contribution is 2.64. The molecular weight excluding hydrogens is 402 g/mol. The fourth-order valence-electron chi connectivity index (χ4n) is 7.58. The van der Waals surface area contributed by atoms with Crippen molar-refractivity contribution < 1.29 is 19.5 Å². The van der Waals surface area contributed by atoms with Gasteiger partial charge >= 0.3 is 5.97 Å². The van der Waals surface area contributed by atoms with Gasteiger partial charge in [0.2, 0.25) is 0 Å². The van der Waals surface area contributed by atoms with Gasteiger partial charge in [0.25, 0.3) is 0 Å². The number of esters is 1. The van der Waals surface area contributed by atoms with Gasteiger partial charge in [0.15, 0.2) is 6.61 Å². The van der Waals surface area contributed by atoms with Crippen LogP contribution in [-0.4, -0.2) is 29.6 Å². The second-order valence-electron chi connectivity index (χ2n) is 10.9. The van der Waals surface area contributed by atoms with Crippen LogP contribution in [0.1, 0.15) is 65.2 Å². The van der Waals surface area contributed by atoms with Gasteiger partial charge in [0.05, 0.1) is 5.71 Å². The lowest BCUT2D eigenvalue weighted by Crippen LogP contribution is -2.54. The molecule has 172 valence electrons. The van der Waals surface area contributed by atoms with Crippen molar-refractivity contribution >= 4 is 11.7 Å². The summed E-state index contributed by atoms with van der Waals surface area (Å²) in [4.78, 5) is 12.4. The summed E-state index contributed by atoms with van der Waals surface area (Å²) in [5.74, 6) is 1.96. The standard InChI is InChI=1S/C27H35NO4/c1-26-13-6-9-22(26)21-11-10-18-15-20(12-14-27(18,2)25(21)23(16-26)28-30)32-24(29)17-31-19-7-4-3-5-8-19/h3-5,7-8,10,20-22,25,30H,6,9,11-17H2,1-2H3/t20-,21-,22-,25+,26-,27-/m0/s1. The first-order valence-electron chi connectivity index (χ1n) is 12.2. The maximum Gasteiger partial charge on any atom is 0.344 e. The lowest BCUT2D eigenvalue weighted by Gasteiger charge is -2.57. The minimum atomic E-state index is -0.311. The van der Waals surface area contributed by atoms with E-state index in [1.165, 1.54) is 24.8 Å². The Morgan fingerprint density at radius 1 is 1.19 bits per heavy atom. The van der Waals surface area contributed by atoms with Gasteiger partial charge in [0.1, 0.15) is 11.9 Å². The molecule has 1 aromatic rings. The predicted molar refractivity (Wildman–Crippen MR) is 123 cm³/mol. The van der Waals surface area contributed by atoms with Gasteiger partial charge in [-0.2, -0.15) is 0 Å². The summed E-state index contributed by atoms with van der Waals surface area (Å²) in [5.41, 5.74) is 2.68. The molecule has 0 saturated heterocycles. The fourth-order valence-corrected chi connectivity index (χ4v) is 7.58. The van der Waals surface area contributed by atoms with Crippen LogP contribution >= 0.6 is 0 Å². The summed E-state index contributed by atoms with van der Waals surface area (Å²) >= 11 is 0. The maximum atomic E-state index is 12.4. The maximum absolute atomic E-state index is 12.4. The molecule has 0 bridgehead atoms. The van der Waals surface area contributed by atoms with Gasteiger partial charge in [-0.25, -0.2) is 4.79 Å². The highest BCUT2D eigenvalue weighted by molar-refractivity contribution is 5.89. The normalized spacial score (nSPS) is 39.4. The minimum Gasteiger partial charge on any atom is -0.482 e. The first kappa shape index (κ1) is 21.5. The van der Waals surface area contributed by atoms with E-state index in [9.17, 15) is 10.0 Å². The third kappa shape index (κ3) is 3.64. The average molecular weight is 438 g/mol. The summed E-state index contributed by atoms with van der Waals surface area (Å²) < 4.78 is 11.3. The van der Waals surface area contributed by atoms with Gasteiger partial charge in [-0.1, -0.05) is 55.3 Å². The van der Waals surface area contributed by atoms with Crippen molar-refractivity contribution in [3.05, 3.63) is 42.0 Å². The van der Waals surface area contributed by atoms with E-state index in [4.69, 9.17) is 9.47 Å². The summed E-state index contributed by atoms with van der Waals surface area (Å²) in [6.07, 6.45) is 10.7. The van der Waals surface area contributed by atoms with Gasteiger partial charge in [-0.05, 0) is 73.3 Å². The number of para-hydroxylation sites is 1. The van der Waals surface area contributed by atoms with E-state index in [-0.39, 0.29) is 29.5 Å². The van der Waals surface area contributed by atoms with Gasteiger partial charge in [-0.15, -0.1) is 0 Å². The van der Waals surface area contributed by atoms with Gasteiger partial charge in [-0.3, -0.25) is 0 Å². The number of ether oxygens (including phenoxy) is 2. The molecule has 0 aromatic heterocycles. The first-order valence-corrected chi connectivity index (χ1v) is 12.2. The number of oxime groups is 1. The number of allylic oxidation sites excluding steroid dienone is 1. The summed E-state index contributed by atoms with van der Waals surface area (Å²) in [7, 11) is 0. The quantitative estimate of drug-likeness (QED) is 0.281. The van der Waals surface area contributed by atoms with Crippen molar-refractivity contribution in [3.63, 3.8) is 0 Å². The molecule has 0 unspecified atom stereocenters. The molecule has 0 radical (unpaired) electrons. The number of nitrogens with zero attached hydrogens (tertiary/aromatic N) is 1. The van der Waals surface area contributed by atoms with E-state index in [0.29, 0.717) is 17.6 Å². The van der Waals surface area contributed by atoms with Crippen LogP contribution in [0.25, 0.3) is 0 Å². The van der Waals surface area contributed by atoms with E-state index in [2.05, 4.69) is 25.1 Å². The molecular formula is C27H35NO4. The van der Waals surface area contributed by atoms with Crippen molar-refractivity contribution in [2.24, 2.45) is 33.7 Å². The highest BCUT2D eigenvalue weighted by Gasteiger charge is 2.58. The molecule has 5 heteroatoms. The lowest BCUT2D eigenvalue weighted by molar-refractivity contribution is -0.153. The summed E-state index contributed by atoms with van der Waals surface area (Å²) in [6.45, 7) is 4.69. The Kier molecular flexibility index (Phi) is 5.55. The van der Waals surface area contributed by atoms with Crippen LogP contribution in [0.15, 0.2) is 47.1 Å². The zero-order valence-corrected chi connectivity index (χ0v) is 19.3.